The topological polar surface area (TPSA) is 93.7 Å². The molecule has 5 heteroatoms. The van der Waals surface area contributed by atoms with Crippen LogP contribution in [0, 0.1) is 5.41 Å². The zero-order chi connectivity index (χ0) is 10.8. The highest BCUT2D eigenvalue weighted by Crippen LogP contribution is 2.16. The summed E-state index contributed by atoms with van der Waals surface area (Å²) in [6, 6.07) is 5.08. The molecule has 0 amide bonds. The van der Waals surface area contributed by atoms with Crippen LogP contribution in [-0.2, 0) is 0 Å². The van der Waals surface area contributed by atoms with Gasteiger partial charge in [-0.1, -0.05) is 0 Å². The maximum atomic E-state index is 7.91. The van der Waals surface area contributed by atoms with Gasteiger partial charge in [-0.15, -0.1) is 0 Å². The molecule has 1 aromatic carbocycles. The maximum Gasteiger partial charge on any atom is 0.139 e. The van der Waals surface area contributed by atoms with Crippen LogP contribution in [0.5, 0.6) is 0 Å². The fraction of sp³-hybridized carbons (Fsp3) is 0. The van der Waals surface area contributed by atoms with Gasteiger partial charge in [-0.25, -0.2) is 4.98 Å². The number of nitrogen functional groups attached to an aromatic ring is 2. The third kappa shape index (κ3) is 1.67. The van der Waals surface area contributed by atoms with Crippen molar-refractivity contribution in [2.45, 2.75) is 0 Å². The molecule has 0 fully saturated rings. The van der Waals surface area contributed by atoms with Crippen molar-refractivity contribution in [3.63, 3.8) is 0 Å². The smallest absolute Gasteiger partial charge is 0.139 e. The van der Waals surface area contributed by atoms with Crippen LogP contribution in [0.1, 0.15) is 5.56 Å². The summed E-state index contributed by atoms with van der Waals surface area (Å²) in [5.74, 6) is 0.261. The molecule has 0 saturated heterocycles. The quantitative estimate of drug-likeness (QED) is 0.364. The Morgan fingerprint density at radius 3 is 2.80 bits per heavy atom. The molecular weight excluding hydrogens is 190 g/mol. The van der Waals surface area contributed by atoms with Crippen molar-refractivity contribution in [1.29, 1.82) is 5.41 Å². The number of anilines is 2. The van der Waals surface area contributed by atoms with Crippen molar-refractivity contribution in [1.82, 2.24) is 9.55 Å². The monoisotopic (exact) mass is 201 g/mol. The minimum absolute atomic E-state index is 0.261. The van der Waals surface area contributed by atoms with Crippen LogP contribution in [-0.4, -0.2) is 15.4 Å². The molecule has 0 aliphatic heterocycles. The summed E-state index contributed by atoms with van der Waals surface area (Å²) in [4.78, 5) is 3.87. The van der Waals surface area contributed by atoms with Crippen LogP contribution in [0.3, 0.4) is 0 Å². The highest BCUT2D eigenvalue weighted by atomic mass is 15.1. The fourth-order valence-corrected chi connectivity index (χ4v) is 1.31. The lowest BCUT2D eigenvalue weighted by atomic mass is 10.1. The number of imidazole rings is 1. The normalized spacial score (nSPS) is 10.1. The predicted molar refractivity (Wildman–Crippen MR) is 59.7 cm³/mol. The minimum Gasteiger partial charge on any atom is -0.399 e. The van der Waals surface area contributed by atoms with E-state index in [0.29, 0.717) is 16.9 Å². The lowest BCUT2D eigenvalue weighted by Crippen LogP contribution is -2.12. The van der Waals surface area contributed by atoms with Crippen molar-refractivity contribution < 1.29 is 0 Å². The fourth-order valence-electron chi connectivity index (χ4n) is 1.31. The lowest BCUT2D eigenvalue weighted by molar-refractivity contribution is 1.11. The second-order valence-corrected chi connectivity index (χ2v) is 3.17. The van der Waals surface area contributed by atoms with Gasteiger partial charge in [0, 0.05) is 29.3 Å². The van der Waals surface area contributed by atoms with E-state index in [1.807, 2.05) is 0 Å². The van der Waals surface area contributed by atoms with Gasteiger partial charge in [0.05, 0.1) is 0 Å². The Labute approximate surface area is 86.9 Å². The van der Waals surface area contributed by atoms with Crippen molar-refractivity contribution in [3.8, 4) is 0 Å². The van der Waals surface area contributed by atoms with E-state index in [2.05, 4.69) is 4.98 Å². The number of nitrogens with two attached hydrogens (primary N) is 2. The van der Waals surface area contributed by atoms with E-state index in [9.17, 15) is 0 Å². The van der Waals surface area contributed by atoms with Gasteiger partial charge < -0.3 is 11.5 Å². The lowest BCUT2D eigenvalue weighted by Gasteiger charge is -2.08. The van der Waals surface area contributed by atoms with E-state index in [4.69, 9.17) is 16.9 Å². The molecule has 15 heavy (non-hydrogen) atoms. The average Bonchev–Trinajstić information content (AvgIpc) is 2.74. The molecule has 76 valence electrons. The second kappa shape index (κ2) is 3.45. The molecule has 0 aliphatic carbocycles. The van der Waals surface area contributed by atoms with Gasteiger partial charge in [0.2, 0.25) is 0 Å². The molecule has 0 spiro atoms. The van der Waals surface area contributed by atoms with E-state index in [1.165, 1.54) is 0 Å². The van der Waals surface area contributed by atoms with Gasteiger partial charge >= 0.3 is 0 Å². The first-order chi connectivity index (χ1) is 7.18. The minimum atomic E-state index is 0.261. The first kappa shape index (κ1) is 9.26. The van der Waals surface area contributed by atoms with E-state index >= 15 is 0 Å². The standard InChI is InChI=1S/C10H11N5/c11-7-1-2-9(12)8(5-7)10(13)15-4-3-14-6-15/h1-6,13H,11-12H2. The largest absolute Gasteiger partial charge is 0.399 e. The molecule has 2 rings (SSSR count). The van der Waals surface area contributed by atoms with Crippen molar-refractivity contribution >= 4 is 17.2 Å². The number of benzene rings is 1. The van der Waals surface area contributed by atoms with E-state index in [-0.39, 0.29) is 5.84 Å². The van der Waals surface area contributed by atoms with Crippen molar-refractivity contribution in [2.75, 3.05) is 11.5 Å². The van der Waals surface area contributed by atoms with Gasteiger partial charge in [0.1, 0.15) is 12.2 Å². The Balaban J connectivity index is 2.46. The summed E-state index contributed by atoms with van der Waals surface area (Å²) < 4.78 is 1.57. The molecule has 5 nitrogen and oxygen atoms in total. The first-order valence-electron chi connectivity index (χ1n) is 4.41. The van der Waals surface area contributed by atoms with Crippen LogP contribution in [0.2, 0.25) is 0 Å². The number of nitrogens with one attached hydrogen (secondary N) is 1. The number of aromatic nitrogens is 2. The summed E-state index contributed by atoms with van der Waals surface area (Å²) in [5.41, 5.74) is 13.1. The molecule has 0 atom stereocenters. The summed E-state index contributed by atoms with van der Waals surface area (Å²) in [5, 5.41) is 7.91. The molecule has 2 aromatic rings. The SMILES string of the molecule is N=C(c1cc(N)ccc1N)n1ccnc1. The summed E-state index contributed by atoms with van der Waals surface area (Å²) >= 11 is 0. The van der Waals surface area contributed by atoms with E-state index in [1.54, 1.807) is 41.5 Å². The highest BCUT2D eigenvalue weighted by Gasteiger charge is 2.07. The van der Waals surface area contributed by atoms with Gasteiger partial charge in [-0.3, -0.25) is 9.98 Å². The highest BCUT2D eigenvalue weighted by molar-refractivity contribution is 6.03. The molecule has 1 aromatic heterocycles. The van der Waals surface area contributed by atoms with Crippen LogP contribution in [0.15, 0.2) is 36.9 Å². The maximum absolute atomic E-state index is 7.91. The predicted octanol–water partition coefficient (Wildman–Crippen LogP) is 0.921. The van der Waals surface area contributed by atoms with E-state index < -0.39 is 0 Å². The number of rotatable bonds is 1. The van der Waals surface area contributed by atoms with Crippen LogP contribution in [0.4, 0.5) is 11.4 Å². The van der Waals surface area contributed by atoms with Crippen LogP contribution < -0.4 is 11.5 Å². The molecule has 0 bridgehead atoms. The number of hydrogen-bond donors (Lipinski definition) is 3. The molecule has 0 unspecified atom stereocenters. The molecule has 1 heterocycles. The van der Waals surface area contributed by atoms with Crippen LogP contribution in [0.25, 0.3) is 0 Å². The Kier molecular flexibility index (Phi) is 2.13. The van der Waals surface area contributed by atoms with Crippen molar-refractivity contribution in [3.05, 3.63) is 42.5 Å². The van der Waals surface area contributed by atoms with E-state index in [0.717, 1.165) is 0 Å². The second-order valence-electron chi connectivity index (χ2n) is 3.17. The van der Waals surface area contributed by atoms with Gasteiger partial charge in [-0.2, -0.15) is 0 Å². The molecule has 0 radical (unpaired) electrons. The van der Waals surface area contributed by atoms with Gasteiger partial charge in [0.15, 0.2) is 0 Å². The van der Waals surface area contributed by atoms with Crippen molar-refractivity contribution in [2.24, 2.45) is 0 Å². The summed E-state index contributed by atoms with van der Waals surface area (Å²) in [6.07, 6.45) is 4.84. The number of hydrogen-bond acceptors (Lipinski definition) is 4. The third-order valence-corrected chi connectivity index (χ3v) is 2.10. The van der Waals surface area contributed by atoms with Crippen LogP contribution >= 0.6 is 0 Å². The number of nitrogens with zero attached hydrogens (tertiary/aromatic N) is 2. The Morgan fingerprint density at radius 2 is 2.13 bits per heavy atom. The molecule has 5 N–H and O–H groups in total. The van der Waals surface area contributed by atoms with Gasteiger partial charge in [-0.05, 0) is 18.2 Å². The molecule has 0 aliphatic rings. The zero-order valence-corrected chi connectivity index (χ0v) is 8.01. The Bertz CT molecular complexity index is 487. The summed E-state index contributed by atoms with van der Waals surface area (Å²) in [7, 11) is 0. The molecule has 0 saturated carbocycles. The van der Waals surface area contributed by atoms with Gasteiger partial charge in [0.25, 0.3) is 0 Å². The molecular formula is C10H11N5. The Morgan fingerprint density at radius 1 is 1.33 bits per heavy atom. The Hall–Kier alpha value is -2.30. The average molecular weight is 201 g/mol. The first-order valence-corrected chi connectivity index (χ1v) is 4.41. The zero-order valence-electron chi connectivity index (χ0n) is 8.01. The summed E-state index contributed by atoms with van der Waals surface area (Å²) in [6.45, 7) is 0. The third-order valence-electron chi connectivity index (χ3n) is 2.10.